The van der Waals surface area contributed by atoms with Gasteiger partial charge in [-0.05, 0) is 25.0 Å². The summed E-state index contributed by atoms with van der Waals surface area (Å²) < 4.78 is 1.73. The number of carbonyl (C=O) groups is 1. The molecule has 1 amide bonds. The Morgan fingerprint density at radius 1 is 1.22 bits per heavy atom. The number of anilines is 1. The van der Waals surface area contributed by atoms with Gasteiger partial charge in [0, 0.05) is 27.7 Å². The minimum absolute atomic E-state index is 0.0972. The number of rotatable bonds is 4. The molecule has 1 aromatic heterocycles. The van der Waals surface area contributed by atoms with E-state index in [0.29, 0.717) is 22.3 Å². The van der Waals surface area contributed by atoms with Crippen LogP contribution >= 0.6 is 23.2 Å². The summed E-state index contributed by atoms with van der Waals surface area (Å²) in [5.74, 6) is 0.227. The first-order valence-corrected chi connectivity index (χ1v) is 8.65. The van der Waals surface area contributed by atoms with Crippen molar-refractivity contribution in [3.8, 4) is 0 Å². The zero-order valence-corrected chi connectivity index (χ0v) is 14.3. The molecule has 3 rings (SSSR count). The van der Waals surface area contributed by atoms with E-state index < -0.39 is 0 Å². The van der Waals surface area contributed by atoms with E-state index in [1.54, 1.807) is 29.2 Å². The van der Waals surface area contributed by atoms with Gasteiger partial charge in [0.25, 0.3) is 0 Å². The minimum atomic E-state index is 0.0972. The molecule has 1 heterocycles. The molecule has 1 N–H and O–H groups in total. The Balaban J connectivity index is 1.65. The lowest BCUT2D eigenvalue weighted by Gasteiger charge is -2.20. The lowest BCUT2D eigenvalue weighted by atomic mass is 9.89. The Hall–Kier alpha value is -1.52. The normalized spacial score (nSPS) is 15.6. The van der Waals surface area contributed by atoms with E-state index in [1.807, 2.05) is 6.07 Å². The van der Waals surface area contributed by atoms with Crippen LogP contribution < -0.4 is 5.32 Å². The molecule has 0 saturated heterocycles. The van der Waals surface area contributed by atoms with E-state index in [0.717, 1.165) is 31.2 Å². The minimum Gasteiger partial charge on any atom is -0.323 e. The topological polar surface area (TPSA) is 46.9 Å². The van der Waals surface area contributed by atoms with Crippen LogP contribution in [0.5, 0.6) is 0 Å². The van der Waals surface area contributed by atoms with Crippen molar-refractivity contribution in [1.82, 2.24) is 9.78 Å². The molecule has 1 aromatic carbocycles. The molecule has 0 bridgehead atoms. The van der Waals surface area contributed by atoms with E-state index in [4.69, 9.17) is 23.2 Å². The molecule has 0 atom stereocenters. The van der Waals surface area contributed by atoms with Crippen molar-refractivity contribution < 1.29 is 4.79 Å². The maximum Gasteiger partial charge on any atom is 0.227 e. The number of aromatic nitrogens is 2. The number of hydrogen-bond acceptors (Lipinski definition) is 2. The number of nitrogens with zero attached hydrogens (tertiary/aromatic N) is 2. The first-order chi connectivity index (χ1) is 11.1. The third-order valence-electron chi connectivity index (χ3n) is 4.26. The molecule has 0 spiro atoms. The Labute approximate surface area is 145 Å². The molecule has 1 aliphatic carbocycles. The van der Waals surface area contributed by atoms with Gasteiger partial charge in [0.2, 0.25) is 5.91 Å². The van der Waals surface area contributed by atoms with Crippen molar-refractivity contribution in [3.63, 3.8) is 0 Å². The zero-order chi connectivity index (χ0) is 16.2. The molecule has 0 aliphatic heterocycles. The second-order valence-corrected chi connectivity index (χ2v) is 6.77. The van der Waals surface area contributed by atoms with Gasteiger partial charge in [0.05, 0.1) is 18.4 Å². The number of carbonyl (C=O) groups excluding carboxylic acids is 1. The predicted molar refractivity (Wildman–Crippen MR) is 93.0 cm³/mol. The second-order valence-electron chi connectivity index (χ2n) is 5.95. The largest absolute Gasteiger partial charge is 0.323 e. The van der Waals surface area contributed by atoms with Crippen molar-refractivity contribution in [3.05, 3.63) is 46.2 Å². The smallest absolute Gasteiger partial charge is 0.227 e. The van der Waals surface area contributed by atoms with Gasteiger partial charge in [-0.3, -0.25) is 9.48 Å². The van der Waals surface area contributed by atoms with Gasteiger partial charge in [-0.25, -0.2) is 0 Å². The van der Waals surface area contributed by atoms with E-state index in [-0.39, 0.29) is 11.8 Å². The third kappa shape index (κ3) is 4.06. The summed E-state index contributed by atoms with van der Waals surface area (Å²) >= 11 is 12.4. The van der Waals surface area contributed by atoms with Crippen LogP contribution in [0.15, 0.2) is 30.6 Å². The molecule has 1 fully saturated rings. The molecule has 0 radical (unpaired) electrons. The SMILES string of the molecule is O=C(Nc1cnn(Cc2c(Cl)cccc2Cl)c1)C1CCCCC1. The van der Waals surface area contributed by atoms with Crippen molar-refractivity contribution in [2.45, 2.75) is 38.6 Å². The van der Waals surface area contributed by atoms with Gasteiger partial charge in [0.15, 0.2) is 0 Å². The van der Waals surface area contributed by atoms with Crippen LogP contribution in [0.1, 0.15) is 37.7 Å². The molecule has 6 heteroatoms. The van der Waals surface area contributed by atoms with Gasteiger partial charge in [-0.2, -0.15) is 5.10 Å². The maximum absolute atomic E-state index is 12.3. The highest BCUT2D eigenvalue weighted by molar-refractivity contribution is 6.35. The average molecular weight is 352 g/mol. The molecule has 0 unspecified atom stereocenters. The van der Waals surface area contributed by atoms with E-state index in [9.17, 15) is 4.79 Å². The summed E-state index contributed by atoms with van der Waals surface area (Å²) in [5, 5.41) is 8.46. The molecule has 1 aliphatic rings. The Kier molecular flexibility index (Phi) is 5.23. The van der Waals surface area contributed by atoms with Crippen molar-refractivity contribution >= 4 is 34.8 Å². The summed E-state index contributed by atoms with van der Waals surface area (Å²) in [5.41, 5.74) is 1.54. The van der Waals surface area contributed by atoms with Crippen LogP contribution in [0.4, 0.5) is 5.69 Å². The molecular weight excluding hydrogens is 333 g/mol. The fourth-order valence-corrected chi connectivity index (χ4v) is 3.49. The van der Waals surface area contributed by atoms with E-state index >= 15 is 0 Å². The zero-order valence-electron chi connectivity index (χ0n) is 12.8. The van der Waals surface area contributed by atoms with Crippen LogP contribution in [0.25, 0.3) is 0 Å². The van der Waals surface area contributed by atoms with E-state index in [2.05, 4.69) is 10.4 Å². The van der Waals surface area contributed by atoms with Crippen molar-refractivity contribution in [2.24, 2.45) is 5.92 Å². The lowest BCUT2D eigenvalue weighted by Crippen LogP contribution is -2.24. The number of hydrogen-bond donors (Lipinski definition) is 1. The van der Waals surface area contributed by atoms with Crippen LogP contribution in [0.2, 0.25) is 10.0 Å². The van der Waals surface area contributed by atoms with Crippen LogP contribution in [0, 0.1) is 5.92 Å². The van der Waals surface area contributed by atoms with Crippen molar-refractivity contribution in [1.29, 1.82) is 0 Å². The van der Waals surface area contributed by atoms with Gasteiger partial charge < -0.3 is 5.32 Å². The summed E-state index contributed by atoms with van der Waals surface area (Å²) in [6.07, 6.45) is 8.95. The summed E-state index contributed by atoms with van der Waals surface area (Å²) in [4.78, 5) is 12.3. The summed E-state index contributed by atoms with van der Waals surface area (Å²) in [6.45, 7) is 0.470. The second kappa shape index (κ2) is 7.37. The first kappa shape index (κ1) is 16.3. The molecule has 4 nitrogen and oxygen atoms in total. The van der Waals surface area contributed by atoms with Gasteiger partial charge in [-0.15, -0.1) is 0 Å². The third-order valence-corrected chi connectivity index (χ3v) is 4.97. The Morgan fingerprint density at radius 3 is 2.61 bits per heavy atom. The fraction of sp³-hybridized carbons (Fsp3) is 0.412. The monoisotopic (exact) mass is 351 g/mol. The molecule has 2 aromatic rings. The standard InChI is InChI=1S/C17H19Cl2N3O/c18-15-7-4-8-16(19)14(15)11-22-10-13(9-20-22)21-17(23)12-5-2-1-3-6-12/h4,7-10,12H,1-3,5-6,11H2,(H,21,23). The number of nitrogens with one attached hydrogen (secondary N) is 1. The van der Waals surface area contributed by atoms with Gasteiger partial charge in [0.1, 0.15) is 0 Å². The summed E-state index contributed by atoms with van der Waals surface area (Å²) in [6, 6.07) is 5.42. The molecule has 23 heavy (non-hydrogen) atoms. The Bertz CT molecular complexity index is 673. The number of benzene rings is 1. The van der Waals surface area contributed by atoms with Crippen LogP contribution in [-0.4, -0.2) is 15.7 Å². The van der Waals surface area contributed by atoms with Crippen LogP contribution in [-0.2, 0) is 11.3 Å². The Morgan fingerprint density at radius 2 is 1.91 bits per heavy atom. The summed E-state index contributed by atoms with van der Waals surface area (Å²) in [7, 11) is 0. The number of amides is 1. The lowest BCUT2D eigenvalue weighted by molar-refractivity contribution is -0.120. The number of halogens is 2. The predicted octanol–water partition coefficient (Wildman–Crippen LogP) is 4.76. The first-order valence-electron chi connectivity index (χ1n) is 7.89. The van der Waals surface area contributed by atoms with E-state index in [1.165, 1.54) is 6.42 Å². The van der Waals surface area contributed by atoms with Gasteiger partial charge in [-0.1, -0.05) is 48.5 Å². The van der Waals surface area contributed by atoms with Crippen molar-refractivity contribution in [2.75, 3.05) is 5.32 Å². The van der Waals surface area contributed by atoms with Crippen LogP contribution in [0.3, 0.4) is 0 Å². The molecule has 1 saturated carbocycles. The highest BCUT2D eigenvalue weighted by Crippen LogP contribution is 2.26. The van der Waals surface area contributed by atoms with Gasteiger partial charge >= 0.3 is 0 Å². The quantitative estimate of drug-likeness (QED) is 0.863. The molecular formula is C17H19Cl2N3O. The average Bonchev–Trinajstić information content (AvgIpc) is 2.99. The molecule has 122 valence electrons. The highest BCUT2D eigenvalue weighted by atomic mass is 35.5. The fourth-order valence-electron chi connectivity index (χ4n) is 2.97. The maximum atomic E-state index is 12.3. The highest BCUT2D eigenvalue weighted by Gasteiger charge is 2.21.